The van der Waals surface area contributed by atoms with E-state index in [1.54, 1.807) is 11.1 Å². The maximum Gasteiger partial charge on any atom is 0.329 e. The third-order valence-electron chi connectivity index (χ3n) is 4.69. The van der Waals surface area contributed by atoms with Crippen LogP contribution in [0.3, 0.4) is 0 Å². The van der Waals surface area contributed by atoms with Gasteiger partial charge in [-0.3, -0.25) is 9.59 Å². The zero-order chi connectivity index (χ0) is 18.7. The molecule has 2 aromatic rings. The number of amides is 2. The van der Waals surface area contributed by atoms with Crippen LogP contribution in [-0.2, 0) is 9.59 Å². The molecule has 0 atom stereocenters. The number of likely N-dealkylation sites (tertiary alicyclic amines) is 1. The normalized spacial score (nSPS) is 14.2. The molecule has 0 spiro atoms. The van der Waals surface area contributed by atoms with Gasteiger partial charge < -0.3 is 9.47 Å². The number of carbonyl (C=O) groups excluding carboxylic acids is 2. The molecule has 1 saturated heterocycles. The molecule has 0 bridgehead atoms. The van der Waals surface area contributed by atoms with Crippen LogP contribution < -0.4 is 5.43 Å². The first-order chi connectivity index (χ1) is 12.5. The predicted octanol–water partition coefficient (Wildman–Crippen LogP) is 2.48. The first-order valence-corrected chi connectivity index (χ1v) is 8.85. The molecule has 0 unspecified atom stereocenters. The van der Waals surface area contributed by atoms with E-state index in [0.717, 1.165) is 35.5 Å². The van der Waals surface area contributed by atoms with Crippen molar-refractivity contribution in [2.24, 2.45) is 5.10 Å². The molecule has 2 heterocycles. The molecule has 0 aliphatic carbocycles. The van der Waals surface area contributed by atoms with Crippen LogP contribution in [0.15, 0.2) is 35.4 Å². The lowest BCUT2D eigenvalue weighted by atomic mass is 10.2. The minimum absolute atomic E-state index is 0.509. The number of carbonyl (C=O) groups is 2. The highest BCUT2D eigenvalue weighted by atomic mass is 16.2. The number of nitrogens with one attached hydrogen (secondary N) is 1. The van der Waals surface area contributed by atoms with Gasteiger partial charge in [0.2, 0.25) is 0 Å². The fraction of sp³-hybridized carbons (Fsp3) is 0.350. The van der Waals surface area contributed by atoms with E-state index < -0.39 is 11.8 Å². The Morgan fingerprint density at radius 3 is 2.54 bits per heavy atom. The zero-order valence-electron chi connectivity index (χ0n) is 15.5. The Bertz CT molecular complexity index is 861. The van der Waals surface area contributed by atoms with Gasteiger partial charge in [0.15, 0.2) is 0 Å². The summed E-state index contributed by atoms with van der Waals surface area (Å²) in [5.74, 6) is -1.19. The van der Waals surface area contributed by atoms with E-state index in [0.29, 0.717) is 13.1 Å². The van der Waals surface area contributed by atoms with Crippen LogP contribution in [0.1, 0.15) is 35.4 Å². The van der Waals surface area contributed by atoms with Gasteiger partial charge in [0.05, 0.1) is 6.21 Å². The van der Waals surface area contributed by atoms with Gasteiger partial charge in [0.1, 0.15) is 0 Å². The highest BCUT2D eigenvalue weighted by Crippen LogP contribution is 2.20. The molecular weight excluding hydrogens is 328 g/mol. The summed E-state index contributed by atoms with van der Waals surface area (Å²) in [6.07, 6.45) is 3.49. The Labute approximate surface area is 153 Å². The number of hydrogen-bond acceptors (Lipinski definition) is 3. The number of aromatic nitrogens is 1. The molecule has 0 radical (unpaired) electrons. The van der Waals surface area contributed by atoms with Crippen molar-refractivity contribution >= 4 is 18.0 Å². The first kappa shape index (κ1) is 17.9. The SMILES string of the molecule is Cc1cccc(-n2c(C)cc(/C=N\NC(=O)C(=O)N3CCCC3)c2C)c1. The van der Waals surface area contributed by atoms with Gasteiger partial charge in [-0.2, -0.15) is 5.10 Å². The average molecular weight is 352 g/mol. The summed E-state index contributed by atoms with van der Waals surface area (Å²) in [4.78, 5) is 25.4. The molecule has 1 N–H and O–H groups in total. The standard InChI is InChI=1S/C20H24N4O2/c1-14-7-6-8-18(11-14)24-15(2)12-17(16(24)3)13-21-22-19(25)20(26)23-9-4-5-10-23/h6-8,11-13H,4-5,9-10H2,1-3H3,(H,22,25)/b21-13-. The highest BCUT2D eigenvalue weighted by molar-refractivity contribution is 6.35. The quantitative estimate of drug-likeness (QED) is 0.524. The van der Waals surface area contributed by atoms with Crippen LogP contribution in [0.25, 0.3) is 5.69 Å². The minimum atomic E-state index is -0.685. The molecule has 1 fully saturated rings. The molecule has 6 nitrogen and oxygen atoms in total. The van der Waals surface area contributed by atoms with Gasteiger partial charge in [0, 0.05) is 35.7 Å². The highest BCUT2D eigenvalue weighted by Gasteiger charge is 2.24. The second kappa shape index (κ2) is 7.56. The van der Waals surface area contributed by atoms with E-state index in [1.807, 2.05) is 26.0 Å². The maximum atomic E-state index is 12.0. The van der Waals surface area contributed by atoms with Crippen LogP contribution in [0.4, 0.5) is 0 Å². The van der Waals surface area contributed by atoms with E-state index in [4.69, 9.17) is 0 Å². The molecule has 1 aliphatic heterocycles. The minimum Gasteiger partial charge on any atom is -0.334 e. The fourth-order valence-electron chi connectivity index (χ4n) is 3.35. The molecule has 136 valence electrons. The van der Waals surface area contributed by atoms with Gasteiger partial charge >= 0.3 is 11.8 Å². The molecule has 1 aliphatic rings. The fourth-order valence-corrected chi connectivity index (χ4v) is 3.35. The number of benzene rings is 1. The van der Waals surface area contributed by atoms with E-state index in [9.17, 15) is 9.59 Å². The predicted molar refractivity (Wildman–Crippen MR) is 102 cm³/mol. The molecule has 1 aromatic carbocycles. The summed E-state index contributed by atoms with van der Waals surface area (Å²) in [6.45, 7) is 7.39. The Morgan fingerprint density at radius 1 is 1.12 bits per heavy atom. The van der Waals surface area contributed by atoms with E-state index in [-0.39, 0.29) is 0 Å². The van der Waals surface area contributed by atoms with Crippen molar-refractivity contribution < 1.29 is 9.59 Å². The second-order valence-corrected chi connectivity index (χ2v) is 6.70. The number of aryl methyl sites for hydroxylation is 2. The maximum absolute atomic E-state index is 12.0. The number of hydrogen-bond donors (Lipinski definition) is 1. The summed E-state index contributed by atoms with van der Waals surface area (Å²) >= 11 is 0. The molecule has 2 amide bonds. The van der Waals surface area contributed by atoms with Crippen LogP contribution in [0.5, 0.6) is 0 Å². The van der Waals surface area contributed by atoms with E-state index in [2.05, 4.69) is 40.2 Å². The molecule has 0 saturated carbocycles. The zero-order valence-corrected chi connectivity index (χ0v) is 15.5. The van der Waals surface area contributed by atoms with Crippen molar-refractivity contribution in [3.63, 3.8) is 0 Å². The summed E-state index contributed by atoms with van der Waals surface area (Å²) in [6, 6.07) is 10.3. The topological polar surface area (TPSA) is 66.7 Å². The number of nitrogens with zero attached hydrogens (tertiary/aromatic N) is 3. The summed E-state index contributed by atoms with van der Waals surface area (Å²) < 4.78 is 2.14. The van der Waals surface area contributed by atoms with E-state index in [1.165, 1.54) is 5.56 Å². The van der Waals surface area contributed by atoms with Crippen molar-refractivity contribution in [1.29, 1.82) is 0 Å². The second-order valence-electron chi connectivity index (χ2n) is 6.70. The van der Waals surface area contributed by atoms with Crippen molar-refractivity contribution in [2.45, 2.75) is 33.6 Å². The number of hydrazone groups is 1. The lowest BCUT2D eigenvalue weighted by molar-refractivity contribution is -0.145. The third-order valence-corrected chi connectivity index (χ3v) is 4.69. The monoisotopic (exact) mass is 352 g/mol. The third kappa shape index (κ3) is 3.69. The van der Waals surface area contributed by atoms with Crippen molar-refractivity contribution in [1.82, 2.24) is 14.9 Å². The first-order valence-electron chi connectivity index (χ1n) is 8.85. The van der Waals surface area contributed by atoms with Gasteiger partial charge in [-0.25, -0.2) is 5.43 Å². The Kier molecular flexibility index (Phi) is 5.21. The van der Waals surface area contributed by atoms with Gasteiger partial charge in [0.25, 0.3) is 0 Å². The molecule has 6 heteroatoms. The largest absolute Gasteiger partial charge is 0.334 e. The summed E-state index contributed by atoms with van der Waals surface area (Å²) in [5, 5.41) is 3.98. The Balaban J connectivity index is 1.72. The van der Waals surface area contributed by atoms with Crippen molar-refractivity contribution in [2.75, 3.05) is 13.1 Å². The van der Waals surface area contributed by atoms with Gasteiger partial charge in [-0.15, -0.1) is 0 Å². The molecular formula is C20H24N4O2. The lowest BCUT2D eigenvalue weighted by Gasteiger charge is -2.12. The summed E-state index contributed by atoms with van der Waals surface area (Å²) in [5.41, 5.74) is 7.63. The Hall–Kier alpha value is -2.89. The average Bonchev–Trinajstić information content (AvgIpc) is 3.23. The molecule has 26 heavy (non-hydrogen) atoms. The van der Waals surface area contributed by atoms with Crippen molar-refractivity contribution in [3.05, 3.63) is 52.8 Å². The van der Waals surface area contributed by atoms with E-state index >= 15 is 0 Å². The lowest BCUT2D eigenvalue weighted by Crippen LogP contribution is -2.39. The van der Waals surface area contributed by atoms with Gasteiger partial charge in [-0.1, -0.05) is 12.1 Å². The molecule has 1 aromatic heterocycles. The smallest absolute Gasteiger partial charge is 0.329 e. The summed E-state index contributed by atoms with van der Waals surface area (Å²) in [7, 11) is 0. The Morgan fingerprint density at radius 2 is 1.85 bits per heavy atom. The number of rotatable bonds is 3. The van der Waals surface area contributed by atoms with Crippen LogP contribution in [0.2, 0.25) is 0 Å². The van der Waals surface area contributed by atoms with Crippen LogP contribution in [0, 0.1) is 20.8 Å². The van der Waals surface area contributed by atoms with Gasteiger partial charge in [-0.05, 0) is 57.4 Å². The molecule has 3 rings (SSSR count). The van der Waals surface area contributed by atoms with Crippen LogP contribution in [-0.4, -0.2) is 40.6 Å². The van der Waals surface area contributed by atoms with Crippen molar-refractivity contribution in [3.8, 4) is 5.69 Å². The van der Waals surface area contributed by atoms with Crippen LogP contribution >= 0.6 is 0 Å².